The Morgan fingerprint density at radius 3 is 2.91 bits per heavy atom. The summed E-state index contributed by atoms with van der Waals surface area (Å²) in [7, 11) is 0. The average Bonchev–Trinajstić information content (AvgIpc) is 2.87. The molecule has 3 aromatic rings. The van der Waals surface area contributed by atoms with Crippen molar-refractivity contribution in [1.82, 2.24) is 14.9 Å². The van der Waals surface area contributed by atoms with E-state index < -0.39 is 6.43 Å². The molecule has 0 saturated carbocycles. The van der Waals surface area contributed by atoms with E-state index in [0.29, 0.717) is 0 Å². The number of hydrogen-bond acceptors (Lipinski definition) is 2. The van der Waals surface area contributed by atoms with E-state index in [9.17, 15) is 8.78 Å². The Labute approximate surface area is 131 Å². The van der Waals surface area contributed by atoms with Gasteiger partial charge >= 0.3 is 0 Å². The van der Waals surface area contributed by atoms with Crippen LogP contribution in [0.3, 0.4) is 0 Å². The predicted molar refractivity (Wildman–Crippen MR) is 89.1 cm³/mol. The molecule has 3 nitrogen and oxygen atoms in total. The van der Waals surface area contributed by atoms with Crippen molar-refractivity contribution in [2.24, 2.45) is 0 Å². The molecule has 0 spiro atoms. The fourth-order valence-electron chi connectivity index (χ4n) is 3.23. The van der Waals surface area contributed by atoms with Gasteiger partial charge in [0.25, 0.3) is 0 Å². The Morgan fingerprint density at radius 1 is 1.22 bits per heavy atom. The summed E-state index contributed by atoms with van der Waals surface area (Å²) in [6.07, 6.45) is 3.07. The van der Waals surface area contributed by atoms with Crippen LogP contribution in [0.4, 0.5) is 8.78 Å². The standard InChI is InChI=1S/C18H15F2N3/c1-11-12-4-5-14-17(13(12)6-9-21-11)18-15(3-2-8-22-18)23(14)10-7-16(19)20/h2-6,8-9,16,21H,1,7,10H2. The second kappa shape index (κ2) is 5.19. The van der Waals surface area contributed by atoms with Gasteiger partial charge in [-0.2, -0.15) is 0 Å². The number of aromatic nitrogens is 2. The third-order valence-electron chi connectivity index (χ3n) is 4.23. The molecule has 4 rings (SSSR count). The number of halogens is 2. The smallest absolute Gasteiger partial charge is 0.240 e. The molecule has 2 aromatic heterocycles. The number of nitrogens with zero attached hydrogens (tertiary/aromatic N) is 2. The van der Waals surface area contributed by atoms with Gasteiger partial charge in [-0.05, 0) is 29.8 Å². The SMILES string of the molecule is C=C1NC=Cc2c1ccc1c2c2ncccc2n1CCC(F)F. The third kappa shape index (κ3) is 2.11. The molecular weight excluding hydrogens is 296 g/mol. The lowest BCUT2D eigenvalue weighted by atomic mass is 9.98. The molecule has 1 aromatic carbocycles. The van der Waals surface area contributed by atoms with Gasteiger partial charge in [0.15, 0.2) is 0 Å². The highest BCUT2D eigenvalue weighted by atomic mass is 19.3. The molecule has 0 radical (unpaired) electrons. The van der Waals surface area contributed by atoms with Crippen molar-refractivity contribution in [1.29, 1.82) is 0 Å². The van der Waals surface area contributed by atoms with E-state index in [4.69, 9.17) is 0 Å². The van der Waals surface area contributed by atoms with Crippen LogP contribution in [0.15, 0.2) is 43.2 Å². The van der Waals surface area contributed by atoms with Gasteiger partial charge in [0.2, 0.25) is 6.43 Å². The summed E-state index contributed by atoms with van der Waals surface area (Å²) in [5, 5.41) is 4.09. The Bertz CT molecular complexity index is 954. The molecule has 0 unspecified atom stereocenters. The van der Waals surface area contributed by atoms with Crippen molar-refractivity contribution in [3.05, 3.63) is 54.4 Å². The fourth-order valence-corrected chi connectivity index (χ4v) is 3.23. The first-order chi connectivity index (χ1) is 11.2. The minimum Gasteiger partial charge on any atom is -0.362 e. The number of aryl methyl sites for hydroxylation is 1. The van der Waals surface area contributed by atoms with E-state index in [1.807, 2.05) is 41.1 Å². The number of benzene rings is 1. The van der Waals surface area contributed by atoms with Gasteiger partial charge in [0.1, 0.15) is 0 Å². The third-order valence-corrected chi connectivity index (χ3v) is 4.23. The van der Waals surface area contributed by atoms with E-state index in [0.717, 1.165) is 38.8 Å². The van der Waals surface area contributed by atoms with Crippen LogP contribution in [0.5, 0.6) is 0 Å². The molecule has 116 valence electrons. The maximum Gasteiger partial charge on any atom is 0.240 e. The Kier molecular flexibility index (Phi) is 3.15. The van der Waals surface area contributed by atoms with Crippen LogP contribution in [-0.4, -0.2) is 16.0 Å². The highest BCUT2D eigenvalue weighted by Crippen LogP contribution is 2.35. The molecule has 0 amide bonds. The topological polar surface area (TPSA) is 29.9 Å². The predicted octanol–water partition coefficient (Wildman–Crippen LogP) is 4.39. The fraction of sp³-hybridized carbons (Fsp3) is 0.167. The molecule has 1 aliphatic rings. The van der Waals surface area contributed by atoms with Crippen molar-refractivity contribution in [2.45, 2.75) is 19.4 Å². The van der Waals surface area contributed by atoms with E-state index in [1.54, 1.807) is 6.20 Å². The number of rotatable bonds is 3. The molecule has 3 heterocycles. The summed E-state index contributed by atoms with van der Waals surface area (Å²) < 4.78 is 27.3. The highest BCUT2D eigenvalue weighted by Gasteiger charge is 2.19. The van der Waals surface area contributed by atoms with Gasteiger partial charge in [-0.15, -0.1) is 0 Å². The van der Waals surface area contributed by atoms with Gasteiger partial charge in [-0.3, -0.25) is 4.98 Å². The van der Waals surface area contributed by atoms with Crippen LogP contribution in [0.25, 0.3) is 33.7 Å². The summed E-state index contributed by atoms with van der Waals surface area (Å²) in [4.78, 5) is 4.50. The van der Waals surface area contributed by atoms with Crippen LogP contribution in [-0.2, 0) is 6.54 Å². The Morgan fingerprint density at radius 2 is 2.09 bits per heavy atom. The molecule has 0 atom stereocenters. The van der Waals surface area contributed by atoms with Crippen molar-refractivity contribution in [3.63, 3.8) is 0 Å². The van der Waals surface area contributed by atoms with Crippen LogP contribution in [0.1, 0.15) is 17.5 Å². The second-order valence-corrected chi connectivity index (χ2v) is 5.58. The Balaban J connectivity index is 2.06. The monoisotopic (exact) mass is 311 g/mol. The second-order valence-electron chi connectivity index (χ2n) is 5.58. The summed E-state index contributed by atoms with van der Waals surface area (Å²) in [5.41, 5.74) is 5.53. The van der Waals surface area contributed by atoms with Crippen molar-refractivity contribution < 1.29 is 8.78 Å². The largest absolute Gasteiger partial charge is 0.362 e. The van der Waals surface area contributed by atoms with Crippen LogP contribution < -0.4 is 5.32 Å². The molecule has 0 fully saturated rings. The van der Waals surface area contributed by atoms with E-state index in [2.05, 4.69) is 16.9 Å². The maximum atomic E-state index is 12.7. The van der Waals surface area contributed by atoms with Crippen LogP contribution in [0, 0.1) is 0 Å². The highest BCUT2D eigenvalue weighted by molar-refractivity contribution is 6.11. The number of hydrogen-bond donors (Lipinski definition) is 1. The molecule has 5 heteroatoms. The molecule has 0 saturated heterocycles. The minimum atomic E-state index is -2.32. The molecule has 0 bridgehead atoms. The van der Waals surface area contributed by atoms with Gasteiger partial charge in [-0.25, -0.2) is 8.78 Å². The zero-order valence-corrected chi connectivity index (χ0v) is 12.4. The van der Waals surface area contributed by atoms with Gasteiger partial charge in [-0.1, -0.05) is 12.6 Å². The molecular formula is C18H15F2N3. The van der Waals surface area contributed by atoms with Crippen LogP contribution >= 0.6 is 0 Å². The summed E-state index contributed by atoms with van der Waals surface area (Å²) in [6.45, 7) is 4.29. The van der Waals surface area contributed by atoms with Crippen molar-refractivity contribution in [3.8, 4) is 0 Å². The van der Waals surface area contributed by atoms with E-state index in [-0.39, 0.29) is 13.0 Å². The summed E-state index contributed by atoms with van der Waals surface area (Å²) in [6, 6.07) is 7.71. The van der Waals surface area contributed by atoms with Crippen LogP contribution in [0.2, 0.25) is 0 Å². The Hall–Kier alpha value is -2.69. The maximum absolute atomic E-state index is 12.7. The summed E-state index contributed by atoms with van der Waals surface area (Å²) >= 11 is 0. The van der Waals surface area contributed by atoms with Gasteiger partial charge < -0.3 is 9.88 Å². The van der Waals surface area contributed by atoms with Crippen molar-refractivity contribution in [2.75, 3.05) is 0 Å². The molecule has 1 N–H and O–H groups in total. The minimum absolute atomic E-state index is 0.172. The lowest BCUT2D eigenvalue weighted by Crippen LogP contribution is -2.08. The van der Waals surface area contributed by atoms with Gasteiger partial charge in [0, 0.05) is 42.0 Å². The number of alkyl halides is 2. The molecule has 0 aliphatic carbocycles. The molecule has 1 aliphatic heterocycles. The average molecular weight is 311 g/mol. The number of pyridine rings is 1. The first-order valence-corrected chi connectivity index (χ1v) is 7.47. The quantitative estimate of drug-likeness (QED) is 0.777. The number of nitrogens with one attached hydrogen (secondary N) is 1. The van der Waals surface area contributed by atoms with Crippen molar-refractivity contribution >= 4 is 33.7 Å². The lowest BCUT2D eigenvalue weighted by molar-refractivity contribution is 0.132. The first kappa shape index (κ1) is 13.9. The zero-order valence-electron chi connectivity index (χ0n) is 12.4. The zero-order chi connectivity index (χ0) is 16.0. The normalized spacial score (nSPS) is 13.8. The number of fused-ring (bicyclic) bond motifs is 5. The van der Waals surface area contributed by atoms with E-state index >= 15 is 0 Å². The lowest BCUT2D eigenvalue weighted by Gasteiger charge is -2.16. The molecule has 23 heavy (non-hydrogen) atoms. The first-order valence-electron chi connectivity index (χ1n) is 7.47. The summed E-state index contributed by atoms with van der Waals surface area (Å²) in [5.74, 6) is 0. The van der Waals surface area contributed by atoms with Gasteiger partial charge in [0.05, 0.1) is 16.6 Å². The van der Waals surface area contributed by atoms with E-state index in [1.165, 1.54) is 0 Å².